The number of carbonyl (C=O) groups excluding carboxylic acids is 6. The standard InChI is InChI=1S/C23H24ClNO3.C19H16ClNO3.C16H21NO2.C10H11N.C7H4Cl2O.C6H12O2.2CH4/c1-14-6-11-20-19(12-14)18(13-21(26)28-23(3,4)5)15(2)25(20)22(27)16-7-9-17(24)10-8-16;1-11-3-8-17-16(9-11)15(10-18(22)23)12(2)21(17)19(24)13-4-6-14(20)7-5-13;1-10-6-7-14-13(8-10)12(11(2)17-14)9-15(18)19-16(3,4)5;1-7-3-4-10-9(5-7)6-8(2)11-10;8-6-3-1-5(2-4-6)7(9)10;1-5(7)8-6(2,3)4;;/h6-12H,13H2,1-5H3;3-9H,10H2,1-2H3,(H,22,23);6-8,17H,9H2,1-5H3;3-6,11H,1-2H3;1-4H;1-4H3;2*1H4. The van der Waals surface area contributed by atoms with Crippen LogP contribution in [0.5, 0.6) is 0 Å². The average Bonchev–Trinajstić information content (AvgIpc) is 1.61. The van der Waals surface area contributed by atoms with E-state index in [1.807, 2.05) is 126 Å². The van der Waals surface area contributed by atoms with Gasteiger partial charge in [-0.3, -0.25) is 42.7 Å². The molecule has 3 N–H and O–H groups in total. The van der Waals surface area contributed by atoms with Crippen molar-refractivity contribution in [1.29, 1.82) is 0 Å². The van der Waals surface area contributed by atoms with E-state index in [4.69, 9.17) is 60.6 Å². The zero-order valence-electron chi connectivity index (χ0n) is 60.0. The van der Waals surface area contributed by atoms with E-state index in [9.17, 15) is 38.7 Å². The van der Waals surface area contributed by atoms with Gasteiger partial charge in [0.1, 0.15) is 16.8 Å². The summed E-state index contributed by atoms with van der Waals surface area (Å²) in [6.07, 6.45) is 0.309. The highest BCUT2D eigenvalue weighted by molar-refractivity contribution is 6.67. The van der Waals surface area contributed by atoms with Crippen LogP contribution in [0.1, 0.15) is 177 Å². The van der Waals surface area contributed by atoms with Gasteiger partial charge in [0.25, 0.3) is 17.1 Å². The smallest absolute Gasteiger partial charge is 0.310 e. The third-order valence-corrected chi connectivity index (χ3v) is 16.1. The van der Waals surface area contributed by atoms with Crippen molar-refractivity contribution in [2.45, 2.75) is 176 Å². The first-order valence-electron chi connectivity index (χ1n) is 32.3. The number of ether oxygens (including phenoxy) is 3. The molecule has 4 aromatic heterocycles. The lowest BCUT2D eigenvalue weighted by Gasteiger charge is -2.19. The Morgan fingerprint density at radius 1 is 0.422 bits per heavy atom. The van der Waals surface area contributed by atoms with Crippen LogP contribution in [-0.2, 0) is 52.7 Å². The van der Waals surface area contributed by atoms with Crippen LogP contribution in [0.25, 0.3) is 43.6 Å². The van der Waals surface area contributed by atoms with Crippen LogP contribution in [0, 0.1) is 55.4 Å². The quantitative estimate of drug-likeness (QED) is 0.0703. The van der Waals surface area contributed by atoms with Crippen LogP contribution in [0.4, 0.5) is 0 Å². The predicted molar refractivity (Wildman–Crippen MR) is 418 cm³/mol. The van der Waals surface area contributed by atoms with Gasteiger partial charge < -0.3 is 29.3 Å². The molecule has 15 nitrogen and oxygen atoms in total. The lowest BCUT2D eigenvalue weighted by molar-refractivity contribution is -0.155. The topological polar surface area (TPSA) is 209 Å². The summed E-state index contributed by atoms with van der Waals surface area (Å²) < 4.78 is 18.9. The number of aliphatic carboxylic acids is 1. The van der Waals surface area contributed by atoms with Crippen molar-refractivity contribution in [3.63, 3.8) is 0 Å². The Balaban J connectivity index is 0.000000272. The molecule has 0 saturated heterocycles. The Labute approximate surface area is 619 Å². The fraction of sp³-hybridized carbons (Fsp3) is 0.313. The highest BCUT2D eigenvalue weighted by atomic mass is 35.5. The number of carboxylic acids is 1. The van der Waals surface area contributed by atoms with Gasteiger partial charge in [-0.05, 0) is 279 Å². The number of esters is 3. The number of hydrogen-bond donors (Lipinski definition) is 3. The summed E-state index contributed by atoms with van der Waals surface area (Å²) in [5.41, 5.74) is 14.7. The number of hydrogen-bond acceptors (Lipinski definition) is 10. The molecule has 0 amide bonds. The van der Waals surface area contributed by atoms with E-state index in [0.717, 1.165) is 60.8 Å². The minimum atomic E-state index is -0.919. The van der Waals surface area contributed by atoms with Gasteiger partial charge in [-0.2, -0.15) is 0 Å². The molecule has 0 saturated carbocycles. The third-order valence-electron chi connectivity index (χ3n) is 15.1. The van der Waals surface area contributed by atoms with Crippen LogP contribution < -0.4 is 0 Å². The Kier molecular flexibility index (Phi) is 30.5. The van der Waals surface area contributed by atoms with Gasteiger partial charge in [-0.1, -0.05) is 96.2 Å². The van der Waals surface area contributed by atoms with Gasteiger partial charge in [0.15, 0.2) is 0 Å². The van der Waals surface area contributed by atoms with Crippen LogP contribution in [0.2, 0.25) is 15.1 Å². The molecule has 11 aromatic rings. The Hall–Kier alpha value is -9.25. The Morgan fingerprint density at radius 2 is 0.775 bits per heavy atom. The van der Waals surface area contributed by atoms with Gasteiger partial charge in [-0.25, -0.2) is 0 Å². The van der Waals surface area contributed by atoms with Gasteiger partial charge in [0, 0.05) is 88.6 Å². The molecular weight excluding hydrogens is 1370 g/mol. The number of benzene rings is 7. The monoisotopic (exact) mass is 1460 g/mol. The summed E-state index contributed by atoms with van der Waals surface area (Å²) in [7, 11) is 0. The van der Waals surface area contributed by atoms with Gasteiger partial charge in [-0.15, -0.1) is 0 Å². The summed E-state index contributed by atoms with van der Waals surface area (Å²) in [5, 5.41) is 14.6. The second-order valence-electron chi connectivity index (χ2n) is 27.4. The lowest BCUT2D eigenvalue weighted by Crippen LogP contribution is -2.25. The van der Waals surface area contributed by atoms with Crippen molar-refractivity contribution >= 4 is 131 Å². The van der Waals surface area contributed by atoms with Crippen molar-refractivity contribution in [1.82, 2.24) is 19.1 Å². The highest BCUT2D eigenvalue weighted by Gasteiger charge is 2.26. The van der Waals surface area contributed by atoms with E-state index in [1.165, 1.54) is 34.6 Å². The largest absolute Gasteiger partial charge is 0.481 e. The molecule has 542 valence electrons. The predicted octanol–water partition coefficient (Wildman–Crippen LogP) is 21.5. The van der Waals surface area contributed by atoms with Gasteiger partial charge in [0.05, 0.1) is 30.3 Å². The van der Waals surface area contributed by atoms with E-state index in [1.54, 1.807) is 88.9 Å². The maximum absolute atomic E-state index is 13.2. The number of aromatic nitrogens is 4. The highest BCUT2D eigenvalue weighted by Crippen LogP contribution is 2.32. The van der Waals surface area contributed by atoms with E-state index in [-0.39, 0.29) is 63.0 Å². The van der Waals surface area contributed by atoms with Crippen LogP contribution in [0.15, 0.2) is 152 Å². The van der Waals surface area contributed by atoms with Crippen molar-refractivity contribution in [3.05, 3.63) is 245 Å². The fourth-order valence-corrected chi connectivity index (χ4v) is 11.4. The second-order valence-corrected chi connectivity index (χ2v) is 29.0. The molecule has 102 heavy (non-hydrogen) atoms. The van der Waals surface area contributed by atoms with Gasteiger partial charge >= 0.3 is 23.9 Å². The summed E-state index contributed by atoms with van der Waals surface area (Å²) in [5.74, 6) is -1.99. The number of fused-ring (bicyclic) bond motifs is 4. The van der Waals surface area contributed by atoms with Crippen LogP contribution in [-0.4, -0.2) is 81.9 Å². The number of halogens is 4. The molecule has 4 heterocycles. The second kappa shape index (κ2) is 36.6. The summed E-state index contributed by atoms with van der Waals surface area (Å²) >= 11 is 22.6. The molecule has 11 rings (SSSR count). The molecule has 0 aliphatic carbocycles. The van der Waals surface area contributed by atoms with Crippen molar-refractivity contribution in [2.24, 2.45) is 0 Å². The molecule has 0 unspecified atom stereocenters. The van der Waals surface area contributed by atoms with Crippen LogP contribution >= 0.6 is 46.4 Å². The molecule has 0 spiro atoms. The number of aryl methyl sites for hydroxylation is 6. The molecule has 0 fully saturated rings. The van der Waals surface area contributed by atoms with E-state index in [2.05, 4.69) is 73.2 Å². The maximum Gasteiger partial charge on any atom is 0.310 e. The normalized spacial score (nSPS) is 10.9. The van der Waals surface area contributed by atoms with Crippen molar-refractivity contribution in [2.75, 3.05) is 0 Å². The average molecular weight is 1470 g/mol. The minimum absolute atomic E-state index is 0. The zero-order valence-corrected chi connectivity index (χ0v) is 63.0. The third kappa shape index (κ3) is 24.8. The Morgan fingerprint density at radius 3 is 1.15 bits per heavy atom. The van der Waals surface area contributed by atoms with Crippen LogP contribution in [0.3, 0.4) is 0 Å². The SMILES string of the molecule is C.C.CC(=O)OC(C)(C)C.Cc1ccc2[nH]c(C)c(CC(=O)OC(C)(C)C)c2c1.Cc1ccc2[nH]c(C)cc2c1.Cc1ccc2c(c1)c(CC(=O)O)c(C)n2C(=O)c1ccc(Cl)cc1.Cc1ccc2c(c1)c(CC(=O)OC(C)(C)C)c(C)n2C(=O)c1ccc(Cl)cc1.O=C(Cl)c1ccc(Cl)cc1. The summed E-state index contributed by atoms with van der Waals surface area (Å²) in [4.78, 5) is 89.1. The summed E-state index contributed by atoms with van der Waals surface area (Å²) in [6.45, 7) is 33.9. The van der Waals surface area contributed by atoms with Crippen molar-refractivity contribution in [3.8, 4) is 0 Å². The van der Waals surface area contributed by atoms with E-state index in [0.29, 0.717) is 55.0 Å². The molecule has 0 radical (unpaired) electrons. The molecule has 0 aliphatic rings. The zero-order chi connectivity index (χ0) is 74.5. The Bertz CT molecular complexity index is 4780. The molecule has 0 bridgehead atoms. The number of nitrogens with one attached hydrogen (secondary N) is 2. The summed E-state index contributed by atoms with van der Waals surface area (Å²) in [6, 6.07) is 46.3. The fourth-order valence-electron chi connectivity index (χ4n) is 10.9. The maximum atomic E-state index is 13.2. The van der Waals surface area contributed by atoms with E-state index >= 15 is 0 Å². The van der Waals surface area contributed by atoms with E-state index < -0.39 is 22.4 Å². The first-order chi connectivity index (χ1) is 46.6. The number of nitrogens with zero attached hydrogens (tertiary/aromatic N) is 2. The molecular formula is C83H96Cl4N4O11. The molecule has 0 aliphatic heterocycles. The lowest BCUT2D eigenvalue weighted by atomic mass is 10.1. The number of H-pyrrole nitrogens is 2. The van der Waals surface area contributed by atoms with Crippen molar-refractivity contribution < 1.29 is 52.9 Å². The number of rotatable bonds is 9. The first-order valence-corrected chi connectivity index (χ1v) is 33.9. The number of aromatic amines is 2. The molecule has 19 heteroatoms. The molecule has 0 atom stereocenters. The molecule has 7 aromatic carbocycles. The number of carboxylic acid groups (broad SMARTS) is 1. The number of carbonyl (C=O) groups is 7. The first kappa shape index (κ1) is 85.2. The minimum Gasteiger partial charge on any atom is -0.481 e. The van der Waals surface area contributed by atoms with Gasteiger partial charge in [0.2, 0.25) is 0 Å².